The lowest BCUT2D eigenvalue weighted by Crippen LogP contribution is -3.10. The maximum absolute atomic E-state index is 11.9. The molecule has 1 aromatic rings. The molecule has 1 N–H and O–H groups in total. The number of carbonyl (C=O) groups excluding carboxylic acids is 2. The molecule has 0 radical (unpaired) electrons. The summed E-state index contributed by atoms with van der Waals surface area (Å²) in [5, 5.41) is 0.613. The fourth-order valence-electron chi connectivity index (χ4n) is 1.65. The molecule has 0 saturated carbocycles. The van der Waals surface area contributed by atoms with Gasteiger partial charge in [-0.2, -0.15) is 0 Å². The second-order valence-corrected chi connectivity index (χ2v) is 4.81. The average Bonchev–Trinajstić information content (AvgIpc) is 2.37. The number of carbonyl (C=O) groups is 2. The number of halogens is 2. The van der Waals surface area contributed by atoms with Gasteiger partial charge in [-0.1, -0.05) is 11.6 Å². The molecule has 0 aromatic heterocycles. The smallest absolute Gasteiger partial charge is 0.361 e. The Morgan fingerprint density at radius 1 is 1.25 bits per heavy atom. The van der Waals surface area contributed by atoms with Crippen LogP contribution in [-0.4, -0.2) is 38.5 Å². The van der Waals surface area contributed by atoms with Gasteiger partial charge in [-0.05, 0) is 31.2 Å². The molecule has 1 atom stereocenters. The summed E-state index contributed by atoms with van der Waals surface area (Å²) in [6.07, 6.45) is 0.396. The molecule has 20 heavy (non-hydrogen) atoms. The van der Waals surface area contributed by atoms with E-state index in [2.05, 4.69) is 0 Å². The van der Waals surface area contributed by atoms with Crippen molar-refractivity contribution in [1.82, 2.24) is 0 Å². The van der Waals surface area contributed by atoms with Crippen LogP contribution in [-0.2, 0) is 9.53 Å². The molecule has 0 spiro atoms. The van der Waals surface area contributed by atoms with Gasteiger partial charge in [-0.15, -0.1) is 0 Å². The minimum atomic E-state index is -0.237. The summed E-state index contributed by atoms with van der Waals surface area (Å²) >= 11 is 5.76. The van der Waals surface area contributed by atoms with Crippen LogP contribution in [0.3, 0.4) is 0 Å². The quantitative estimate of drug-likeness (QED) is 0.467. The number of quaternary nitrogens is 1. The predicted molar refractivity (Wildman–Crippen MR) is 73.7 cm³/mol. The van der Waals surface area contributed by atoms with Crippen molar-refractivity contribution in [2.75, 3.05) is 26.7 Å². The van der Waals surface area contributed by atoms with Crippen LogP contribution in [0.1, 0.15) is 23.7 Å². The first-order valence-corrected chi connectivity index (χ1v) is 6.66. The molecule has 0 aliphatic rings. The molecule has 4 nitrogen and oxygen atoms in total. The van der Waals surface area contributed by atoms with Gasteiger partial charge >= 0.3 is 5.97 Å². The monoisotopic (exact) mass is 319 g/mol. The number of rotatable bonds is 7. The number of Topliss-reactive ketones (excluding diaryl/α,β-unsaturated/α-hetero) is 1. The van der Waals surface area contributed by atoms with Gasteiger partial charge in [0.2, 0.25) is 0 Å². The molecular formula is C14H19Cl2NO3. The van der Waals surface area contributed by atoms with Crippen molar-refractivity contribution >= 4 is 23.4 Å². The molecule has 0 bridgehead atoms. The van der Waals surface area contributed by atoms with Crippen molar-refractivity contribution in [2.24, 2.45) is 0 Å². The zero-order valence-electron chi connectivity index (χ0n) is 11.6. The first-order valence-electron chi connectivity index (χ1n) is 6.28. The van der Waals surface area contributed by atoms with Crippen molar-refractivity contribution < 1.29 is 31.6 Å². The topological polar surface area (TPSA) is 47.8 Å². The Bertz CT molecular complexity index is 435. The van der Waals surface area contributed by atoms with E-state index in [-0.39, 0.29) is 30.7 Å². The number of likely N-dealkylation sites (N-methyl/N-ethyl adjacent to an activating group) is 1. The Kier molecular flexibility index (Phi) is 9.21. The van der Waals surface area contributed by atoms with Gasteiger partial charge < -0.3 is 22.0 Å². The molecule has 0 saturated heterocycles. The summed E-state index contributed by atoms with van der Waals surface area (Å²) in [6.45, 7) is 3.04. The summed E-state index contributed by atoms with van der Waals surface area (Å²) in [5.41, 5.74) is 0.647. The van der Waals surface area contributed by atoms with E-state index in [1.165, 1.54) is 0 Å². The van der Waals surface area contributed by atoms with E-state index in [1.807, 2.05) is 7.05 Å². The molecule has 1 unspecified atom stereocenters. The van der Waals surface area contributed by atoms with Crippen molar-refractivity contribution in [1.29, 1.82) is 0 Å². The number of nitrogens with one attached hydrogen (secondary N) is 1. The predicted octanol–water partition coefficient (Wildman–Crippen LogP) is -2.01. The van der Waals surface area contributed by atoms with Crippen LogP contribution in [0.25, 0.3) is 0 Å². The van der Waals surface area contributed by atoms with Crippen molar-refractivity contribution in [2.45, 2.75) is 13.3 Å². The maximum atomic E-state index is 11.9. The highest BCUT2D eigenvalue weighted by Gasteiger charge is 2.13. The Balaban J connectivity index is 0.00000361. The lowest BCUT2D eigenvalue weighted by atomic mass is 10.1. The molecule has 1 rings (SSSR count). The Morgan fingerprint density at radius 3 is 2.40 bits per heavy atom. The fraction of sp³-hybridized carbons (Fsp3) is 0.429. The third-order valence-electron chi connectivity index (χ3n) is 2.70. The van der Waals surface area contributed by atoms with Crippen LogP contribution in [0, 0.1) is 0 Å². The summed E-state index contributed by atoms with van der Waals surface area (Å²) in [7, 11) is 1.87. The standard InChI is InChI=1S/C14H18ClNO3.ClH/c1-3-19-14(18)10-16(2)9-8-13(17)11-4-6-12(15)7-5-11;/h4-7H,3,8-10H2,1-2H3;1H. The fourth-order valence-corrected chi connectivity index (χ4v) is 1.78. The average molecular weight is 320 g/mol. The third-order valence-corrected chi connectivity index (χ3v) is 2.95. The minimum Gasteiger partial charge on any atom is -1.00 e. The Hall–Kier alpha value is -1.10. The van der Waals surface area contributed by atoms with Crippen LogP contribution in [0.4, 0.5) is 0 Å². The lowest BCUT2D eigenvalue weighted by Gasteiger charge is -2.12. The number of ether oxygens (including phenoxy) is 1. The largest absolute Gasteiger partial charge is 1.00 e. The van der Waals surface area contributed by atoms with Gasteiger partial charge in [0.05, 0.1) is 26.6 Å². The molecule has 1 aromatic carbocycles. The van der Waals surface area contributed by atoms with E-state index in [0.29, 0.717) is 30.2 Å². The summed E-state index contributed by atoms with van der Waals surface area (Å²) in [5.74, 6) is -0.182. The number of hydrogen-bond donors (Lipinski definition) is 1. The second-order valence-electron chi connectivity index (χ2n) is 4.37. The van der Waals surface area contributed by atoms with E-state index < -0.39 is 0 Å². The highest BCUT2D eigenvalue weighted by atomic mass is 35.5. The van der Waals surface area contributed by atoms with Gasteiger partial charge in [0, 0.05) is 10.6 Å². The van der Waals surface area contributed by atoms with Crippen LogP contribution in [0.2, 0.25) is 5.02 Å². The van der Waals surface area contributed by atoms with E-state index >= 15 is 0 Å². The first-order chi connectivity index (χ1) is 9.02. The summed E-state index contributed by atoms with van der Waals surface area (Å²) in [4.78, 5) is 24.1. The summed E-state index contributed by atoms with van der Waals surface area (Å²) in [6, 6.07) is 6.82. The first kappa shape index (κ1) is 18.9. The Morgan fingerprint density at radius 2 is 1.85 bits per heavy atom. The number of ketones is 1. The highest BCUT2D eigenvalue weighted by Crippen LogP contribution is 2.10. The number of benzene rings is 1. The molecular weight excluding hydrogens is 301 g/mol. The summed E-state index contributed by atoms with van der Waals surface area (Å²) < 4.78 is 4.86. The zero-order valence-corrected chi connectivity index (χ0v) is 13.1. The van der Waals surface area contributed by atoms with Gasteiger partial charge in [0.1, 0.15) is 0 Å². The van der Waals surface area contributed by atoms with E-state index in [9.17, 15) is 9.59 Å². The molecule has 0 aliphatic heterocycles. The van der Waals surface area contributed by atoms with Crippen molar-refractivity contribution in [3.05, 3.63) is 34.9 Å². The molecule has 0 heterocycles. The number of hydrogen-bond acceptors (Lipinski definition) is 3. The van der Waals surface area contributed by atoms with Crippen molar-refractivity contribution in [3.8, 4) is 0 Å². The minimum absolute atomic E-state index is 0. The molecule has 0 amide bonds. The van der Waals surface area contributed by atoms with E-state index in [0.717, 1.165) is 4.90 Å². The lowest BCUT2D eigenvalue weighted by molar-refractivity contribution is -0.871. The van der Waals surface area contributed by atoms with Gasteiger partial charge in [-0.3, -0.25) is 4.79 Å². The highest BCUT2D eigenvalue weighted by molar-refractivity contribution is 6.30. The second kappa shape index (κ2) is 9.75. The SMILES string of the molecule is CCOC(=O)C[NH+](C)CCC(=O)c1ccc(Cl)cc1.[Cl-]. The van der Waals surface area contributed by atoms with E-state index in [1.54, 1.807) is 31.2 Å². The Labute approximate surface area is 130 Å². The van der Waals surface area contributed by atoms with Crippen LogP contribution < -0.4 is 17.3 Å². The zero-order chi connectivity index (χ0) is 14.3. The molecule has 112 valence electrons. The van der Waals surface area contributed by atoms with Crippen LogP contribution in [0.5, 0.6) is 0 Å². The third kappa shape index (κ3) is 6.89. The molecule has 0 fully saturated rings. The van der Waals surface area contributed by atoms with Crippen LogP contribution >= 0.6 is 11.6 Å². The van der Waals surface area contributed by atoms with Gasteiger partial charge in [0.15, 0.2) is 12.3 Å². The van der Waals surface area contributed by atoms with Gasteiger partial charge in [-0.25, -0.2) is 4.79 Å². The molecule has 6 heteroatoms. The number of esters is 1. The van der Waals surface area contributed by atoms with E-state index in [4.69, 9.17) is 16.3 Å². The van der Waals surface area contributed by atoms with Crippen molar-refractivity contribution in [3.63, 3.8) is 0 Å². The normalized spacial score (nSPS) is 11.3. The van der Waals surface area contributed by atoms with Gasteiger partial charge in [0.25, 0.3) is 0 Å². The maximum Gasteiger partial charge on any atom is 0.361 e. The van der Waals surface area contributed by atoms with Crippen LogP contribution in [0.15, 0.2) is 24.3 Å². The molecule has 0 aliphatic carbocycles.